The zero-order chi connectivity index (χ0) is 20.9. The van der Waals surface area contributed by atoms with Crippen LogP contribution in [0.2, 0.25) is 0 Å². The van der Waals surface area contributed by atoms with Crippen molar-refractivity contribution in [2.75, 3.05) is 19.7 Å². The fourth-order valence-electron chi connectivity index (χ4n) is 3.70. The monoisotopic (exact) mass is 409 g/mol. The summed E-state index contributed by atoms with van der Waals surface area (Å²) >= 11 is 0. The lowest BCUT2D eigenvalue weighted by atomic mass is 9.91. The van der Waals surface area contributed by atoms with Crippen LogP contribution in [0, 0.1) is 11.6 Å². The molecule has 3 aromatic rings. The number of carbonyl (C=O) groups is 1. The topological polar surface area (TPSA) is 55.3 Å². The lowest BCUT2D eigenvalue weighted by Crippen LogP contribution is -2.41. The Balaban J connectivity index is 1.47. The van der Waals surface area contributed by atoms with Gasteiger partial charge in [-0.25, -0.2) is 8.78 Å². The van der Waals surface area contributed by atoms with Gasteiger partial charge >= 0.3 is 0 Å². The van der Waals surface area contributed by atoms with E-state index < -0.39 is 0 Å². The summed E-state index contributed by atoms with van der Waals surface area (Å²) in [7, 11) is 0. The van der Waals surface area contributed by atoms with Gasteiger partial charge in [-0.1, -0.05) is 12.1 Å². The van der Waals surface area contributed by atoms with Crippen LogP contribution in [0.4, 0.5) is 8.78 Å². The molecule has 2 aromatic carbocycles. The average Bonchev–Trinajstić information content (AvgIpc) is 2.79. The maximum Gasteiger partial charge on any atom is 0.260 e. The first-order valence-electron chi connectivity index (χ1n) is 9.84. The van der Waals surface area contributed by atoms with E-state index in [1.54, 1.807) is 35.5 Å². The van der Waals surface area contributed by atoms with Gasteiger partial charge in [-0.2, -0.15) is 0 Å². The molecule has 7 heteroatoms. The van der Waals surface area contributed by atoms with Gasteiger partial charge in [0.1, 0.15) is 17.4 Å². The van der Waals surface area contributed by atoms with Crippen molar-refractivity contribution in [1.29, 1.82) is 0 Å². The highest BCUT2D eigenvalue weighted by molar-refractivity contribution is 5.78. The third-order valence-corrected chi connectivity index (χ3v) is 5.19. The number of piperidine rings is 1. The minimum Gasteiger partial charge on any atom is -0.484 e. The normalized spacial score (nSPS) is 16.3. The molecule has 0 N–H and O–H groups in total. The van der Waals surface area contributed by atoms with Crippen LogP contribution < -0.4 is 4.74 Å². The summed E-state index contributed by atoms with van der Waals surface area (Å²) in [5, 5.41) is 0. The Hall–Kier alpha value is -3.35. The Labute approximate surface area is 173 Å². The fourth-order valence-corrected chi connectivity index (χ4v) is 3.70. The molecule has 2 heterocycles. The van der Waals surface area contributed by atoms with Crippen molar-refractivity contribution < 1.29 is 18.3 Å². The molecule has 1 aliphatic rings. The van der Waals surface area contributed by atoms with E-state index in [9.17, 15) is 13.6 Å². The first kappa shape index (κ1) is 19.9. The molecule has 0 saturated carbocycles. The summed E-state index contributed by atoms with van der Waals surface area (Å²) in [6.07, 6.45) is 4.79. The van der Waals surface area contributed by atoms with Crippen molar-refractivity contribution in [3.63, 3.8) is 0 Å². The molecular formula is C23H21F2N3O2. The molecule has 1 aliphatic heterocycles. The van der Waals surface area contributed by atoms with Gasteiger partial charge < -0.3 is 9.64 Å². The third kappa shape index (κ3) is 4.45. The molecule has 0 spiro atoms. The maximum absolute atomic E-state index is 14.3. The number of nitrogens with zero attached hydrogens (tertiary/aromatic N) is 3. The van der Waals surface area contributed by atoms with E-state index in [4.69, 9.17) is 4.74 Å². The molecule has 4 rings (SSSR count). The van der Waals surface area contributed by atoms with E-state index in [2.05, 4.69) is 9.97 Å². The van der Waals surface area contributed by atoms with Gasteiger partial charge in [0.25, 0.3) is 5.91 Å². The summed E-state index contributed by atoms with van der Waals surface area (Å²) in [5.41, 5.74) is 1.61. The first-order chi connectivity index (χ1) is 14.6. The zero-order valence-electron chi connectivity index (χ0n) is 16.3. The number of rotatable bonds is 5. The van der Waals surface area contributed by atoms with Gasteiger partial charge in [0.15, 0.2) is 6.61 Å². The molecule has 1 aromatic heterocycles. The number of likely N-dealkylation sites (tertiary alicyclic amines) is 1. The molecule has 0 aliphatic carbocycles. The second-order valence-electron chi connectivity index (χ2n) is 7.19. The quantitative estimate of drug-likeness (QED) is 0.634. The molecule has 1 amide bonds. The SMILES string of the molecule is O=C(COc1ccc(F)cc1)N1CCC[C@@H](c2nccnc2-c2ccccc2F)C1. The van der Waals surface area contributed by atoms with E-state index in [-0.39, 0.29) is 30.1 Å². The number of hydrogen-bond acceptors (Lipinski definition) is 4. The van der Waals surface area contributed by atoms with E-state index in [0.29, 0.717) is 35.8 Å². The molecule has 0 bridgehead atoms. The molecule has 1 saturated heterocycles. The first-order valence-corrected chi connectivity index (χ1v) is 9.84. The second kappa shape index (κ2) is 8.98. The zero-order valence-corrected chi connectivity index (χ0v) is 16.3. The molecule has 1 fully saturated rings. The standard InChI is InChI=1S/C23H21F2N3O2/c24-17-7-9-18(10-8-17)30-15-21(29)28-13-3-4-16(14-28)22-23(27-12-11-26-22)19-5-1-2-6-20(19)25/h1-2,5-12,16H,3-4,13-15H2/t16-/m1/s1. The Morgan fingerprint density at radius 1 is 1.07 bits per heavy atom. The fraction of sp³-hybridized carbons (Fsp3) is 0.261. The Kier molecular flexibility index (Phi) is 5.97. The number of amides is 1. The number of ether oxygens (including phenoxy) is 1. The Bertz CT molecular complexity index is 1030. The number of benzene rings is 2. The maximum atomic E-state index is 14.3. The van der Waals surface area contributed by atoms with Crippen LogP contribution in [-0.4, -0.2) is 40.5 Å². The summed E-state index contributed by atoms with van der Waals surface area (Å²) in [6, 6.07) is 12.0. The second-order valence-corrected chi connectivity index (χ2v) is 7.19. The number of carbonyl (C=O) groups excluding carboxylic acids is 1. The van der Waals surface area contributed by atoms with E-state index in [1.807, 2.05) is 0 Å². The van der Waals surface area contributed by atoms with Crippen LogP contribution in [0.25, 0.3) is 11.3 Å². The lowest BCUT2D eigenvalue weighted by Gasteiger charge is -2.33. The van der Waals surface area contributed by atoms with Gasteiger partial charge in [-0.05, 0) is 49.2 Å². The van der Waals surface area contributed by atoms with Crippen LogP contribution in [0.15, 0.2) is 60.9 Å². The van der Waals surface area contributed by atoms with Crippen molar-refractivity contribution in [2.45, 2.75) is 18.8 Å². The molecule has 30 heavy (non-hydrogen) atoms. The van der Waals surface area contributed by atoms with Crippen molar-refractivity contribution in [3.05, 3.63) is 78.3 Å². The van der Waals surface area contributed by atoms with Gasteiger partial charge in [-0.3, -0.25) is 14.8 Å². The smallest absolute Gasteiger partial charge is 0.260 e. The number of aromatic nitrogens is 2. The summed E-state index contributed by atoms with van der Waals surface area (Å²) in [5.74, 6) is -0.468. The predicted molar refractivity (Wildman–Crippen MR) is 108 cm³/mol. The summed E-state index contributed by atoms with van der Waals surface area (Å²) in [6.45, 7) is 0.960. The largest absolute Gasteiger partial charge is 0.484 e. The van der Waals surface area contributed by atoms with Gasteiger partial charge in [-0.15, -0.1) is 0 Å². The summed E-state index contributed by atoms with van der Waals surface area (Å²) < 4.78 is 32.8. The van der Waals surface area contributed by atoms with Gasteiger partial charge in [0, 0.05) is 37.0 Å². The highest BCUT2D eigenvalue weighted by atomic mass is 19.1. The van der Waals surface area contributed by atoms with Crippen molar-refractivity contribution in [3.8, 4) is 17.0 Å². The predicted octanol–water partition coefficient (Wildman–Crippen LogP) is 4.21. The Morgan fingerprint density at radius 3 is 2.63 bits per heavy atom. The van der Waals surface area contributed by atoms with Crippen LogP contribution in [0.1, 0.15) is 24.5 Å². The van der Waals surface area contributed by atoms with E-state index in [0.717, 1.165) is 12.8 Å². The highest BCUT2D eigenvalue weighted by Gasteiger charge is 2.28. The molecule has 5 nitrogen and oxygen atoms in total. The molecular weight excluding hydrogens is 388 g/mol. The lowest BCUT2D eigenvalue weighted by molar-refractivity contribution is -0.134. The van der Waals surface area contributed by atoms with Crippen molar-refractivity contribution in [2.24, 2.45) is 0 Å². The van der Waals surface area contributed by atoms with Crippen LogP contribution in [-0.2, 0) is 4.79 Å². The molecule has 0 unspecified atom stereocenters. The van der Waals surface area contributed by atoms with Crippen molar-refractivity contribution in [1.82, 2.24) is 14.9 Å². The van der Waals surface area contributed by atoms with Crippen LogP contribution >= 0.6 is 0 Å². The van der Waals surface area contributed by atoms with Crippen LogP contribution in [0.5, 0.6) is 5.75 Å². The van der Waals surface area contributed by atoms with Crippen molar-refractivity contribution >= 4 is 5.91 Å². The van der Waals surface area contributed by atoms with E-state index in [1.165, 1.54) is 30.3 Å². The third-order valence-electron chi connectivity index (χ3n) is 5.19. The minimum atomic E-state index is -0.359. The number of hydrogen-bond donors (Lipinski definition) is 0. The molecule has 1 atom stereocenters. The van der Waals surface area contributed by atoms with Crippen LogP contribution in [0.3, 0.4) is 0 Å². The Morgan fingerprint density at radius 2 is 1.83 bits per heavy atom. The van der Waals surface area contributed by atoms with Gasteiger partial charge in [0.2, 0.25) is 0 Å². The highest BCUT2D eigenvalue weighted by Crippen LogP contribution is 2.32. The molecule has 154 valence electrons. The molecule has 0 radical (unpaired) electrons. The average molecular weight is 409 g/mol. The summed E-state index contributed by atoms with van der Waals surface area (Å²) in [4.78, 5) is 23.2. The van der Waals surface area contributed by atoms with E-state index >= 15 is 0 Å². The number of halogens is 2. The minimum absolute atomic E-state index is 0.0446. The van der Waals surface area contributed by atoms with Gasteiger partial charge in [0.05, 0.1) is 11.4 Å².